The lowest BCUT2D eigenvalue weighted by Gasteiger charge is -2.33. The molecule has 2 atom stereocenters. The second-order valence-corrected chi connectivity index (χ2v) is 5.53. The Morgan fingerprint density at radius 2 is 2.05 bits per heavy atom. The van der Waals surface area contributed by atoms with Crippen molar-refractivity contribution < 1.29 is 14.7 Å². The van der Waals surface area contributed by atoms with Crippen LogP contribution in [-0.4, -0.2) is 41.1 Å². The fourth-order valence-corrected chi connectivity index (χ4v) is 2.72. The van der Waals surface area contributed by atoms with Crippen LogP contribution < -0.4 is 5.32 Å². The first-order valence-corrected chi connectivity index (χ1v) is 7.42. The molecule has 0 aromatic heterocycles. The molecule has 114 valence electrons. The van der Waals surface area contributed by atoms with Crippen LogP contribution in [0.4, 0.5) is 4.79 Å². The number of hydrogen-bond acceptors (Lipinski definition) is 2. The summed E-state index contributed by atoms with van der Waals surface area (Å²) in [5.41, 5.74) is 0.706. The topological polar surface area (TPSA) is 69.6 Å². The number of benzene rings is 1. The molecule has 1 aromatic carbocycles. The third kappa shape index (κ3) is 3.97. The van der Waals surface area contributed by atoms with E-state index in [2.05, 4.69) is 5.32 Å². The van der Waals surface area contributed by atoms with E-state index in [1.807, 2.05) is 13.0 Å². The van der Waals surface area contributed by atoms with Gasteiger partial charge in [-0.05, 0) is 31.7 Å². The van der Waals surface area contributed by atoms with E-state index in [4.69, 9.17) is 0 Å². The van der Waals surface area contributed by atoms with E-state index in [0.717, 1.165) is 25.8 Å². The SMILES string of the molecule is CC1CCCCN1C(=O)NCC(C(=O)O)c1ccccc1. The Kier molecular flexibility index (Phi) is 5.20. The quantitative estimate of drug-likeness (QED) is 0.895. The highest BCUT2D eigenvalue weighted by molar-refractivity contribution is 5.79. The van der Waals surface area contributed by atoms with Crippen molar-refractivity contribution in [3.05, 3.63) is 35.9 Å². The molecule has 1 aliphatic heterocycles. The van der Waals surface area contributed by atoms with Crippen molar-refractivity contribution in [3.8, 4) is 0 Å². The lowest BCUT2D eigenvalue weighted by molar-refractivity contribution is -0.138. The highest BCUT2D eigenvalue weighted by atomic mass is 16.4. The second-order valence-electron chi connectivity index (χ2n) is 5.53. The minimum Gasteiger partial charge on any atom is -0.481 e. The number of nitrogens with zero attached hydrogens (tertiary/aromatic N) is 1. The molecule has 0 aliphatic carbocycles. The number of likely N-dealkylation sites (tertiary alicyclic amines) is 1. The van der Waals surface area contributed by atoms with Crippen LogP contribution in [0.5, 0.6) is 0 Å². The Hall–Kier alpha value is -2.04. The standard InChI is InChI=1S/C16H22N2O3/c1-12-7-5-6-10-18(12)16(21)17-11-14(15(19)20)13-8-3-2-4-9-13/h2-4,8-9,12,14H,5-7,10-11H2,1H3,(H,17,21)(H,19,20). The average Bonchev–Trinajstić information content (AvgIpc) is 2.48. The summed E-state index contributed by atoms with van der Waals surface area (Å²) in [5.74, 6) is -1.64. The molecule has 2 N–H and O–H groups in total. The number of aliphatic carboxylic acids is 1. The molecule has 2 rings (SSSR count). The monoisotopic (exact) mass is 290 g/mol. The molecule has 1 fully saturated rings. The van der Waals surface area contributed by atoms with E-state index in [1.54, 1.807) is 29.2 Å². The largest absolute Gasteiger partial charge is 0.481 e. The van der Waals surface area contributed by atoms with Crippen molar-refractivity contribution in [2.75, 3.05) is 13.1 Å². The fraction of sp³-hybridized carbons (Fsp3) is 0.500. The Morgan fingerprint density at radius 3 is 2.67 bits per heavy atom. The van der Waals surface area contributed by atoms with Crippen molar-refractivity contribution >= 4 is 12.0 Å². The Morgan fingerprint density at radius 1 is 1.33 bits per heavy atom. The first kappa shape index (κ1) is 15.4. The number of carbonyl (C=O) groups is 2. The molecule has 1 aromatic rings. The predicted molar refractivity (Wildman–Crippen MR) is 80.2 cm³/mol. The van der Waals surface area contributed by atoms with Gasteiger partial charge in [0.2, 0.25) is 0 Å². The summed E-state index contributed by atoms with van der Waals surface area (Å²) in [5, 5.41) is 12.1. The van der Waals surface area contributed by atoms with Crippen molar-refractivity contribution in [2.24, 2.45) is 0 Å². The summed E-state index contributed by atoms with van der Waals surface area (Å²) >= 11 is 0. The Labute approximate surface area is 125 Å². The molecular formula is C16H22N2O3. The third-order valence-corrected chi connectivity index (χ3v) is 4.02. The maximum Gasteiger partial charge on any atom is 0.317 e. The van der Waals surface area contributed by atoms with Gasteiger partial charge in [-0.1, -0.05) is 30.3 Å². The van der Waals surface area contributed by atoms with Crippen LogP contribution >= 0.6 is 0 Å². The lowest BCUT2D eigenvalue weighted by Crippen LogP contribution is -2.48. The number of nitrogens with one attached hydrogen (secondary N) is 1. The number of carboxylic acids is 1. The van der Waals surface area contributed by atoms with Crippen LogP contribution in [0.2, 0.25) is 0 Å². The van der Waals surface area contributed by atoms with Gasteiger partial charge in [-0.25, -0.2) is 4.79 Å². The summed E-state index contributed by atoms with van der Waals surface area (Å²) in [6, 6.07) is 9.06. The second kappa shape index (κ2) is 7.11. The van der Waals surface area contributed by atoms with Crippen LogP contribution in [0.25, 0.3) is 0 Å². The average molecular weight is 290 g/mol. The molecular weight excluding hydrogens is 268 g/mol. The number of rotatable bonds is 4. The summed E-state index contributed by atoms with van der Waals surface area (Å²) in [7, 11) is 0. The van der Waals surface area contributed by atoms with E-state index < -0.39 is 11.9 Å². The molecule has 0 saturated carbocycles. The van der Waals surface area contributed by atoms with E-state index in [-0.39, 0.29) is 18.6 Å². The van der Waals surface area contributed by atoms with Crippen LogP contribution in [0, 0.1) is 0 Å². The third-order valence-electron chi connectivity index (χ3n) is 4.02. The van der Waals surface area contributed by atoms with Crippen molar-refractivity contribution in [1.82, 2.24) is 10.2 Å². The van der Waals surface area contributed by atoms with Crippen LogP contribution in [-0.2, 0) is 4.79 Å². The highest BCUT2D eigenvalue weighted by Gasteiger charge is 2.25. The number of urea groups is 1. The van der Waals surface area contributed by atoms with Crippen LogP contribution in [0.1, 0.15) is 37.7 Å². The van der Waals surface area contributed by atoms with Gasteiger partial charge in [0.05, 0.1) is 5.92 Å². The van der Waals surface area contributed by atoms with Crippen molar-refractivity contribution in [3.63, 3.8) is 0 Å². The minimum atomic E-state index is -0.923. The zero-order chi connectivity index (χ0) is 15.2. The van der Waals surface area contributed by atoms with Gasteiger partial charge in [0.1, 0.15) is 0 Å². The molecule has 1 aliphatic rings. The highest BCUT2D eigenvalue weighted by Crippen LogP contribution is 2.18. The van der Waals surface area contributed by atoms with Gasteiger partial charge in [-0.15, -0.1) is 0 Å². The van der Waals surface area contributed by atoms with Gasteiger partial charge in [-0.3, -0.25) is 4.79 Å². The van der Waals surface area contributed by atoms with E-state index in [1.165, 1.54) is 0 Å². The summed E-state index contributed by atoms with van der Waals surface area (Å²) in [6.45, 7) is 2.89. The van der Waals surface area contributed by atoms with Gasteiger partial charge in [0, 0.05) is 19.1 Å². The molecule has 1 saturated heterocycles. The molecule has 0 spiro atoms. The lowest BCUT2D eigenvalue weighted by atomic mass is 9.99. The Balaban J connectivity index is 1.96. The summed E-state index contributed by atoms with van der Waals surface area (Å²) in [4.78, 5) is 25.4. The first-order valence-electron chi connectivity index (χ1n) is 7.42. The van der Waals surface area contributed by atoms with E-state index in [9.17, 15) is 14.7 Å². The molecule has 5 heteroatoms. The van der Waals surface area contributed by atoms with E-state index in [0.29, 0.717) is 5.56 Å². The van der Waals surface area contributed by atoms with Crippen molar-refractivity contribution in [1.29, 1.82) is 0 Å². The fourth-order valence-electron chi connectivity index (χ4n) is 2.72. The minimum absolute atomic E-state index is 0.112. The summed E-state index contributed by atoms with van der Waals surface area (Å²) in [6.07, 6.45) is 3.17. The van der Waals surface area contributed by atoms with Gasteiger partial charge < -0.3 is 15.3 Å². The van der Waals surface area contributed by atoms with Gasteiger partial charge in [0.25, 0.3) is 0 Å². The number of carbonyl (C=O) groups excluding carboxylic acids is 1. The number of carboxylic acid groups (broad SMARTS) is 1. The Bertz CT molecular complexity index is 490. The number of hydrogen-bond donors (Lipinski definition) is 2. The van der Waals surface area contributed by atoms with Gasteiger partial charge >= 0.3 is 12.0 Å². The van der Waals surface area contributed by atoms with Crippen LogP contribution in [0.15, 0.2) is 30.3 Å². The summed E-state index contributed by atoms with van der Waals surface area (Å²) < 4.78 is 0. The zero-order valence-corrected chi connectivity index (χ0v) is 12.3. The predicted octanol–water partition coefficient (Wildman–Crippen LogP) is 2.44. The molecule has 0 bridgehead atoms. The molecule has 1 heterocycles. The first-order chi connectivity index (χ1) is 10.1. The molecule has 5 nitrogen and oxygen atoms in total. The number of piperidine rings is 1. The smallest absolute Gasteiger partial charge is 0.317 e. The maximum absolute atomic E-state index is 12.2. The molecule has 0 radical (unpaired) electrons. The van der Waals surface area contributed by atoms with Crippen LogP contribution in [0.3, 0.4) is 0 Å². The molecule has 2 unspecified atom stereocenters. The normalized spacial score (nSPS) is 19.9. The van der Waals surface area contributed by atoms with E-state index >= 15 is 0 Å². The maximum atomic E-state index is 12.2. The molecule has 21 heavy (non-hydrogen) atoms. The van der Waals surface area contributed by atoms with Crippen molar-refractivity contribution in [2.45, 2.75) is 38.1 Å². The number of amides is 2. The van der Waals surface area contributed by atoms with Gasteiger partial charge in [-0.2, -0.15) is 0 Å². The zero-order valence-electron chi connectivity index (χ0n) is 12.3. The van der Waals surface area contributed by atoms with Gasteiger partial charge in [0.15, 0.2) is 0 Å². The molecule has 2 amide bonds.